The van der Waals surface area contributed by atoms with Crippen LogP contribution in [0.1, 0.15) is 18.5 Å². The highest BCUT2D eigenvalue weighted by molar-refractivity contribution is 5.30. The molecule has 100 valence electrons. The number of nitrogens with one attached hydrogen (secondary N) is 1. The predicted octanol–water partition coefficient (Wildman–Crippen LogP) is 1.73. The first kappa shape index (κ1) is 13.3. The fraction of sp³-hybridized carbons (Fsp3) is 0.538. The van der Waals surface area contributed by atoms with Crippen molar-refractivity contribution in [3.8, 4) is 5.75 Å². The lowest BCUT2D eigenvalue weighted by molar-refractivity contribution is 0.00460. The van der Waals surface area contributed by atoms with Gasteiger partial charge in [-0.25, -0.2) is 14.8 Å². The SMILES string of the molecule is COc1ccc(C(C)NN2CCOCC2)c(F)c1. The highest BCUT2D eigenvalue weighted by atomic mass is 19.1. The van der Waals surface area contributed by atoms with Crippen molar-refractivity contribution in [2.75, 3.05) is 33.4 Å². The monoisotopic (exact) mass is 254 g/mol. The smallest absolute Gasteiger partial charge is 0.131 e. The second kappa shape index (κ2) is 6.13. The average Bonchev–Trinajstić information content (AvgIpc) is 2.39. The number of benzene rings is 1. The predicted molar refractivity (Wildman–Crippen MR) is 66.9 cm³/mol. The second-order valence-corrected chi connectivity index (χ2v) is 4.34. The Labute approximate surface area is 107 Å². The number of hydrogen-bond acceptors (Lipinski definition) is 4. The molecule has 1 aromatic carbocycles. The Balaban J connectivity index is 2.01. The van der Waals surface area contributed by atoms with Crippen LogP contribution in [-0.4, -0.2) is 38.4 Å². The Bertz CT molecular complexity index is 395. The van der Waals surface area contributed by atoms with Gasteiger partial charge in [0.25, 0.3) is 0 Å². The van der Waals surface area contributed by atoms with Crippen LogP contribution in [0.25, 0.3) is 0 Å². The van der Waals surface area contributed by atoms with Crippen LogP contribution in [0.15, 0.2) is 18.2 Å². The second-order valence-electron chi connectivity index (χ2n) is 4.34. The maximum absolute atomic E-state index is 13.9. The fourth-order valence-corrected chi connectivity index (χ4v) is 2.02. The first-order valence-corrected chi connectivity index (χ1v) is 6.13. The van der Waals surface area contributed by atoms with Gasteiger partial charge in [-0.05, 0) is 13.0 Å². The molecule has 1 fully saturated rings. The molecule has 1 aliphatic rings. The van der Waals surface area contributed by atoms with Crippen LogP contribution in [0.5, 0.6) is 5.75 Å². The summed E-state index contributed by atoms with van der Waals surface area (Å²) in [4.78, 5) is 0. The summed E-state index contributed by atoms with van der Waals surface area (Å²) in [6.45, 7) is 5.01. The molecular formula is C13H19FN2O2. The van der Waals surface area contributed by atoms with Gasteiger partial charge in [0.1, 0.15) is 11.6 Å². The summed E-state index contributed by atoms with van der Waals surface area (Å²) in [7, 11) is 1.53. The van der Waals surface area contributed by atoms with E-state index < -0.39 is 0 Å². The summed E-state index contributed by atoms with van der Waals surface area (Å²) < 4.78 is 24.1. The number of halogens is 1. The molecule has 0 bridgehead atoms. The van der Waals surface area contributed by atoms with E-state index in [1.807, 2.05) is 6.92 Å². The third kappa shape index (κ3) is 3.19. The molecule has 2 rings (SSSR count). The maximum atomic E-state index is 13.9. The number of rotatable bonds is 4. The van der Waals surface area contributed by atoms with E-state index in [4.69, 9.17) is 9.47 Å². The van der Waals surface area contributed by atoms with Gasteiger partial charge in [0.15, 0.2) is 0 Å². The van der Waals surface area contributed by atoms with Crippen LogP contribution in [-0.2, 0) is 4.74 Å². The van der Waals surface area contributed by atoms with Crippen molar-refractivity contribution >= 4 is 0 Å². The molecule has 4 nitrogen and oxygen atoms in total. The van der Waals surface area contributed by atoms with E-state index in [1.165, 1.54) is 13.2 Å². The minimum Gasteiger partial charge on any atom is -0.497 e. The molecule has 1 saturated heterocycles. The van der Waals surface area contributed by atoms with E-state index >= 15 is 0 Å². The molecule has 1 atom stereocenters. The van der Waals surface area contributed by atoms with Crippen LogP contribution < -0.4 is 10.2 Å². The van der Waals surface area contributed by atoms with Crippen LogP contribution in [0, 0.1) is 5.82 Å². The summed E-state index contributed by atoms with van der Waals surface area (Å²) in [5.74, 6) is 0.289. The van der Waals surface area contributed by atoms with Crippen molar-refractivity contribution in [1.82, 2.24) is 10.4 Å². The van der Waals surface area contributed by atoms with E-state index in [0.29, 0.717) is 24.5 Å². The fourth-order valence-electron chi connectivity index (χ4n) is 2.02. The Morgan fingerprint density at radius 3 is 2.72 bits per heavy atom. The van der Waals surface area contributed by atoms with E-state index in [1.54, 1.807) is 12.1 Å². The highest BCUT2D eigenvalue weighted by Crippen LogP contribution is 2.22. The first-order chi connectivity index (χ1) is 8.70. The molecule has 1 N–H and O–H groups in total. The molecule has 1 heterocycles. The summed E-state index contributed by atoms with van der Waals surface area (Å²) in [6.07, 6.45) is 0. The summed E-state index contributed by atoms with van der Waals surface area (Å²) >= 11 is 0. The van der Waals surface area contributed by atoms with Crippen molar-refractivity contribution in [2.24, 2.45) is 0 Å². The van der Waals surface area contributed by atoms with E-state index in [0.717, 1.165) is 13.1 Å². The standard InChI is InChI=1S/C13H19FN2O2/c1-10(15-16-5-7-18-8-6-16)12-4-3-11(17-2)9-13(12)14/h3-4,9-10,15H,5-8H2,1-2H3. The van der Waals surface area contributed by atoms with Crippen molar-refractivity contribution < 1.29 is 13.9 Å². The van der Waals surface area contributed by atoms with Gasteiger partial charge in [-0.2, -0.15) is 0 Å². The van der Waals surface area contributed by atoms with Crippen molar-refractivity contribution in [3.63, 3.8) is 0 Å². The minimum atomic E-state index is -0.248. The van der Waals surface area contributed by atoms with Gasteiger partial charge in [-0.15, -0.1) is 0 Å². The summed E-state index contributed by atoms with van der Waals surface area (Å²) in [5, 5.41) is 2.07. The molecule has 0 saturated carbocycles. The quantitative estimate of drug-likeness (QED) is 0.887. The van der Waals surface area contributed by atoms with Gasteiger partial charge in [0.2, 0.25) is 0 Å². The molecule has 1 aromatic rings. The van der Waals surface area contributed by atoms with Crippen molar-refractivity contribution in [2.45, 2.75) is 13.0 Å². The molecule has 0 radical (unpaired) electrons. The van der Waals surface area contributed by atoms with E-state index in [2.05, 4.69) is 10.4 Å². The number of nitrogens with zero attached hydrogens (tertiary/aromatic N) is 1. The zero-order valence-electron chi connectivity index (χ0n) is 10.8. The first-order valence-electron chi connectivity index (χ1n) is 6.13. The number of hydrazine groups is 1. The van der Waals surface area contributed by atoms with Gasteiger partial charge >= 0.3 is 0 Å². The van der Waals surface area contributed by atoms with E-state index in [9.17, 15) is 4.39 Å². The van der Waals surface area contributed by atoms with Gasteiger partial charge in [0, 0.05) is 30.8 Å². The molecule has 1 unspecified atom stereocenters. The Hall–Kier alpha value is -1.17. The molecule has 0 aliphatic carbocycles. The van der Waals surface area contributed by atoms with Gasteiger partial charge < -0.3 is 9.47 Å². The van der Waals surface area contributed by atoms with Crippen LogP contribution in [0.2, 0.25) is 0 Å². The van der Waals surface area contributed by atoms with Crippen molar-refractivity contribution in [1.29, 1.82) is 0 Å². The zero-order valence-corrected chi connectivity index (χ0v) is 10.8. The van der Waals surface area contributed by atoms with Crippen LogP contribution >= 0.6 is 0 Å². The Morgan fingerprint density at radius 1 is 1.39 bits per heavy atom. The molecule has 1 aliphatic heterocycles. The number of methoxy groups -OCH3 is 1. The number of hydrogen-bond donors (Lipinski definition) is 1. The molecule has 0 amide bonds. The lowest BCUT2D eigenvalue weighted by atomic mass is 10.1. The van der Waals surface area contributed by atoms with Gasteiger partial charge in [-0.1, -0.05) is 6.07 Å². The largest absolute Gasteiger partial charge is 0.497 e. The lowest BCUT2D eigenvalue weighted by Crippen LogP contribution is -2.46. The van der Waals surface area contributed by atoms with E-state index in [-0.39, 0.29) is 11.9 Å². The molecular weight excluding hydrogens is 235 g/mol. The average molecular weight is 254 g/mol. The Kier molecular flexibility index (Phi) is 4.52. The molecule has 0 aromatic heterocycles. The molecule has 18 heavy (non-hydrogen) atoms. The van der Waals surface area contributed by atoms with Crippen LogP contribution in [0.4, 0.5) is 4.39 Å². The van der Waals surface area contributed by atoms with Crippen LogP contribution in [0.3, 0.4) is 0 Å². The Morgan fingerprint density at radius 2 is 2.11 bits per heavy atom. The maximum Gasteiger partial charge on any atom is 0.131 e. The van der Waals surface area contributed by atoms with Gasteiger partial charge in [-0.3, -0.25) is 0 Å². The van der Waals surface area contributed by atoms with Crippen molar-refractivity contribution in [3.05, 3.63) is 29.6 Å². The molecule has 5 heteroatoms. The topological polar surface area (TPSA) is 33.7 Å². The zero-order chi connectivity index (χ0) is 13.0. The summed E-state index contributed by atoms with van der Waals surface area (Å²) in [5.41, 5.74) is 3.93. The third-order valence-electron chi connectivity index (χ3n) is 3.06. The number of ether oxygens (including phenoxy) is 2. The highest BCUT2D eigenvalue weighted by Gasteiger charge is 2.16. The third-order valence-corrected chi connectivity index (χ3v) is 3.06. The van der Waals surface area contributed by atoms with Gasteiger partial charge in [0.05, 0.1) is 20.3 Å². The summed E-state index contributed by atoms with van der Waals surface area (Å²) in [6, 6.07) is 4.86. The minimum absolute atomic E-state index is 0.0750. The number of morpholine rings is 1. The molecule has 0 spiro atoms. The lowest BCUT2D eigenvalue weighted by Gasteiger charge is -2.30. The normalized spacial score (nSPS) is 18.6.